The van der Waals surface area contributed by atoms with Crippen LogP contribution in [0, 0.1) is 0 Å². The SMILES string of the molecule is CCC(=O)c1ccc2c(c1)nc(Cc1ccccc1)n2CC(=O)O. The fraction of sp³-hybridized carbons (Fsp3) is 0.211. The van der Waals surface area contributed by atoms with Gasteiger partial charge in [0.15, 0.2) is 5.78 Å². The largest absolute Gasteiger partial charge is 0.480 e. The maximum atomic E-state index is 11.9. The Hall–Kier alpha value is -2.95. The number of ketones is 1. The van der Waals surface area contributed by atoms with Crippen LogP contribution in [0.2, 0.25) is 0 Å². The van der Waals surface area contributed by atoms with Gasteiger partial charge in [-0.25, -0.2) is 4.98 Å². The number of aromatic nitrogens is 2. The summed E-state index contributed by atoms with van der Waals surface area (Å²) in [5.74, 6) is -0.189. The van der Waals surface area contributed by atoms with Crippen molar-refractivity contribution in [3.8, 4) is 0 Å². The topological polar surface area (TPSA) is 72.2 Å². The maximum Gasteiger partial charge on any atom is 0.323 e. The number of carbonyl (C=O) groups excluding carboxylic acids is 1. The molecule has 0 saturated heterocycles. The monoisotopic (exact) mass is 322 g/mol. The molecule has 0 saturated carbocycles. The van der Waals surface area contributed by atoms with Gasteiger partial charge in [0.1, 0.15) is 12.4 Å². The van der Waals surface area contributed by atoms with Gasteiger partial charge < -0.3 is 9.67 Å². The lowest BCUT2D eigenvalue weighted by Gasteiger charge is -2.06. The smallest absolute Gasteiger partial charge is 0.323 e. The van der Waals surface area contributed by atoms with Gasteiger partial charge in [-0.1, -0.05) is 37.3 Å². The van der Waals surface area contributed by atoms with Crippen LogP contribution in [0.3, 0.4) is 0 Å². The van der Waals surface area contributed by atoms with Crippen LogP contribution in [-0.4, -0.2) is 26.4 Å². The summed E-state index contributed by atoms with van der Waals surface area (Å²) in [7, 11) is 0. The highest BCUT2D eigenvalue weighted by atomic mass is 16.4. The van der Waals surface area contributed by atoms with E-state index < -0.39 is 5.97 Å². The van der Waals surface area contributed by atoms with E-state index >= 15 is 0 Å². The molecule has 122 valence electrons. The van der Waals surface area contributed by atoms with Crippen LogP contribution in [-0.2, 0) is 17.8 Å². The molecule has 0 aliphatic carbocycles. The molecule has 0 aliphatic heterocycles. The molecule has 5 heteroatoms. The first-order chi connectivity index (χ1) is 11.6. The fourth-order valence-electron chi connectivity index (χ4n) is 2.78. The first-order valence-corrected chi connectivity index (χ1v) is 7.86. The van der Waals surface area contributed by atoms with Crippen molar-refractivity contribution in [3.63, 3.8) is 0 Å². The van der Waals surface area contributed by atoms with Gasteiger partial charge >= 0.3 is 5.97 Å². The molecule has 1 aromatic heterocycles. The molecule has 3 rings (SSSR count). The van der Waals surface area contributed by atoms with Crippen molar-refractivity contribution in [2.45, 2.75) is 26.3 Å². The minimum Gasteiger partial charge on any atom is -0.480 e. The highest BCUT2D eigenvalue weighted by molar-refractivity contribution is 5.98. The van der Waals surface area contributed by atoms with E-state index in [0.717, 1.165) is 11.1 Å². The lowest BCUT2D eigenvalue weighted by molar-refractivity contribution is -0.137. The highest BCUT2D eigenvalue weighted by Gasteiger charge is 2.15. The van der Waals surface area contributed by atoms with Gasteiger partial charge in [-0.15, -0.1) is 0 Å². The molecular formula is C19H18N2O3. The number of hydrogen-bond donors (Lipinski definition) is 1. The zero-order valence-corrected chi connectivity index (χ0v) is 13.4. The summed E-state index contributed by atoms with van der Waals surface area (Å²) in [6.45, 7) is 1.66. The summed E-state index contributed by atoms with van der Waals surface area (Å²) >= 11 is 0. The van der Waals surface area contributed by atoms with Crippen molar-refractivity contribution in [2.24, 2.45) is 0 Å². The van der Waals surface area contributed by atoms with Crippen molar-refractivity contribution in [1.29, 1.82) is 0 Å². The van der Waals surface area contributed by atoms with Crippen molar-refractivity contribution >= 4 is 22.8 Å². The first-order valence-electron chi connectivity index (χ1n) is 7.86. The molecule has 0 fully saturated rings. The number of Topliss-reactive ketones (excluding diaryl/α,β-unsaturated/α-hetero) is 1. The van der Waals surface area contributed by atoms with E-state index in [1.54, 1.807) is 22.8 Å². The zero-order chi connectivity index (χ0) is 17.1. The summed E-state index contributed by atoms with van der Waals surface area (Å²) < 4.78 is 1.70. The summed E-state index contributed by atoms with van der Waals surface area (Å²) in [5, 5.41) is 9.21. The van der Waals surface area contributed by atoms with E-state index in [0.29, 0.717) is 29.7 Å². The minimum atomic E-state index is -0.919. The average Bonchev–Trinajstić information content (AvgIpc) is 2.91. The zero-order valence-electron chi connectivity index (χ0n) is 13.4. The normalized spacial score (nSPS) is 10.9. The van der Waals surface area contributed by atoms with E-state index in [9.17, 15) is 14.7 Å². The lowest BCUT2D eigenvalue weighted by Crippen LogP contribution is -2.12. The molecule has 0 spiro atoms. The second kappa shape index (κ2) is 6.66. The third-order valence-electron chi connectivity index (χ3n) is 3.97. The Kier molecular flexibility index (Phi) is 4.42. The highest BCUT2D eigenvalue weighted by Crippen LogP contribution is 2.21. The number of nitrogens with zero attached hydrogens (tertiary/aromatic N) is 2. The van der Waals surface area contributed by atoms with Crippen molar-refractivity contribution in [3.05, 3.63) is 65.5 Å². The van der Waals surface area contributed by atoms with E-state index in [1.165, 1.54) is 0 Å². The van der Waals surface area contributed by atoms with Crippen LogP contribution >= 0.6 is 0 Å². The molecule has 1 N–H and O–H groups in total. The predicted molar refractivity (Wildman–Crippen MR) is 91.2 cm³/mol. The summed E-state index contributed by atoms with van der Waals surface area (Å²) in [6.07, 6.45) is 0.970. The van der Waals surface area contributed by atoms with E-state index in [-0.39, 0.29) is 12.3 Å². The Labute approximate surface area is 139 Å². The van der Waals surface area contributed by atoms with Gasteiger partial charge in [-0.05, 0) is 23.8 Å². The van der Waals surface area contributed by atoms with Gasteiger partial charge in [-0.2, -0.15) is 0 Å². The van der Waals surface area contributed by atoms with Crippen LogP contribution in [0.15, 0.2) is 48.5 Å². The Bertz CT molecular complexity index is 898. The Morgan fingerprint density at radius 1 is 1.12 bits per heavy atom. The molecule has 0 unspecified atom stereocenters. The first kappa shape index (κ1) is 15.9. The maximum absolute atomic E-state index is 11.9. The second-order valence-electron chi connectivity index (χ2n) is 5.65. The molecule has 0 aliphatic rings. The molecule has 24 heavy (non-hydrogen) atoms. The molecule has 1 heterocycles. The van der Waals surface area contributed by atoms with Crippen LogP contribution in [0.25, 0.3) is 11.0 Å². The number of carbonyl (C=O) groups is 2. The van der Waals surface area contributed by atoms with Crippen LogP contribution in [0.5, 0.6) is 0 Å². The van der Waals surface area contributed by atoms with Crippen molar-refractivity contribution < 1.29 is 14.7 Å². The van der Waals surface area contributed by atoms with Gasteiger partial charge in [-0.3, -0.25) is 9.59 Å². The average molecular weight is 322 g/mol. The summed E-state index contributed by atoms with van der Waals surface area (Å²) in [5.41, 5.74) is 3.05. The Balaban J connectivity index is 2.08. The number of carboxylic acids is 1. The molecule has 0 radical (unpaired) electrons. The van der Waals surface area contributed by atoms with Crippen molar-refractivity contribution in [2.75, 3.05) is 0 Å². The Morgan fingerprint density at radius 3 is 2.54 bits per heavy atom. The number of imidazole rings is 1. The number of fused-ring (bicyclic) bond motifs is 1. The number of aliphatic carboxylic acids is 1. The van der Waals surface area contributed by atoms with Crippen molar-refractivity contribution in [1.82, 2.24) is 9.55 Å². The van der Waals surface area contributed by atoms with Crippen LogP contribution < -0.4 is 0 Å². The van der Waals surface area contributed by atoms with E-state index in [2.05, 4.69) is 4.98 Å². The number of carboxylic acid groups (broad SMARTS) is 1. The summed E-state index contributed by atoms with van der Waals surface area (Å²) in [6, 6.07) is 15.0. The second-order valence-corrected chi connectivity index (χ2v) is 5.65. The number of benzene rings is 2. The standard InChI is InChI=1S/C19H18N2O3/c1-2-17(22)14-8-9-16-15(11-14)20-18(21(16)12-19(23)24)10-13-6-4-3-5-7-13/h3-9,11H,2,10,12H2,1H3,(H,23,24). The van der Waals surface area contributed by atoms with Crippen LogP contribution in [0.4, 0.5) is 0 Å². The van der Waals surface area contributed by atoms with Crippen LogP contribution in [0.1, 0.15) is 35.1 Å². The number of hydrogen-bond acceptors (Lipinski definition) is 3. The van der Waals surface area contributed by atoms with Gasteiger partial charge in [0, 0.05) is 18.4 Å². The molecular weight excluding hydrogens is 304 g/mol. The molecule has 5 nitrogen and oxygen atoms in total. The van der Waals surface area contributed by atoms with Gasteiger partial charge in [0.2, 0.25) is 0 Å². The quantitative estimate of drug-likeness (QED) is 0.707. The Morgan fingerprint density at radius 2 is 1.88 bits per heavy atom. The predicted octanol–water partition coefficient (Wildman–Crippen LogP) is 3.30. The minimum absolute atomic E-state index is 0.0503. The third kappa shape index (κ3) is 3.20. The van der Waals surface area contributed by atoms with Gasteiger partial charge in [0.05, 0.1) is 11.0 Å². The van der Waals surface area contributed by atoms with E-state index in [1.807, 2.05) is 37.3 Å². The lowest BCUT2D eigenvalue weighted by atomic mass is 10.1. The molecule has 3 aromatic rings. The molecule has 2 aromatic carbocycles. The molecule has 0 bridgehead atoms. The molecule has 0 atom stereocenters. The van der Waals surface area contributed by atoms with E-state index in [4.69, 9.17) is 0 Å². The third-order valence-corrected chi connectivity index (χ3v) is 3.97. The summed E-state index contributed by atoms with van der Waals surface area (Å²) in [4.78, 5) is 27.7. The number of rotatable bonds is 6. The molecule has 0 amide bonds. The fourth-order valence-corrected chi connectivity index (χ4v) is 2.78. The van der Waals surface area contributed by atoms with Gasteiger partial charge in [0.25, 0.3) is 0 Å².